The molecule has 1 unspecified atom stereocenters. The van der Waals surface area contributed by atoms with Crippen LogP contribution in [0, 0.1) is 11.2 Å². The number of likely N-dealkylation sites (tertiary alicyclic amines) is 1. The summed E-state index contributed by atoms with van der Waals surface area (Å²) < 4.78 is 13.7. The summed E-state index contributed by atoms with van der Waals surface area (Å²) in [6.45, 7) is 3.94. The number of halogens is 2. The molecular weight excluding hydrogens is 413 g/mol. The molecule has 1 aromatic heterocycles. The summed E-state index contributed by atoms with van der Waals surface area (Å²) in [6, 6.07) is 14.4. The third-order valence-electron chi connectivity index (χ3n) is 6.80. The molecule has 1 aliphatic carbocycles. The van der Waals surface area contributed by atoms with E-state index in [0.717, 1.165) is 48.1 Å². The van der Waals surface area contributed by atoms with E-state index in [4.69, 9.17) is 11.6 Å². The van der Waals surface area contributed by atoms with Crippen molar-refractivity contribution in [3.8, 4) is 0 Å². The Kier molecular flexibility index (Phi) is 5.19. The van der Waals surface area contributed by atoms with E-state index in [1.165, 1.54) is 12.1 Å². The van der Waals surface area contributed by atoms with E-state index in [-0.39, 0.29) is 17.6 Å². The zero-order valence-corrected chi connectivity index (χ0v) is 18.2. The van der Waals surface area contributed by atoms with E-state index < -0.39 is 0 Å². The van der Waals surface area contributed by atoms with Crippen LogP contribution < -0.4 is 5.32 Å². The van der Waals surface area contributed by atoms with Crippen LogP contribution in [0.5, 0.6) is 0 Å². The van der Waals surface area contributed by atoms with Crippen molar-refractivity contribution < 1.29 is 9.18 Å². The molecule has 2 aliphatic rings. The Bertz CT molecular complexity index is 1120. The number of pyridine rings is 1. The second-order valence-corrected chi connectivity index (χ2v) is 9.56. The number of hydrogen-bond acceptors (Lipinski definition) is 4. The molecule has 3 aromatic rings. The second-order valence-electron chi connectivity index (χ2n) is 9.12. The highest BCUT2D eigenvalue weighted by Gasteiger charge is 2.53. The van der Waals surface area contributed by atoms with Crippen LogP contribution in [-0.2, 0) is 11.2 Å². The molecule has 160 valence electrons. The molecular formula is C25H25ClFN3O. The average molecular weight is 438 g/mol. The fraction of sp³-hybridized carbons (Fsp3) is 0.360. The maximum atomic E-state index is 13.7. The lowest BCUT2D eigenvalue weighted by Gasteiger charge is -2.60. The van der Waals surface area contributed by atoms with Crippen molar-refractivity contribution in [1.82, 2.24) is 9.88 Å². The van der Waals surface area contributed by atoms with Crippen LogP contribution in [0.4, 0.5) is 10.1 Å². The predicted molar refractivity (Wildman–Crippen MR) is 122 cm³/mol. The third kappa shape index (κ3) is 4.04. The minimum absolute atomic E-state index is 0.0690. The minimum atomic E-state index is -0.250. The predicted octanol–water partition coefficient (Wildman–Crippen LogP) is 5.10. The molecule has 0 bridgehead atoms. The summed E-state index contributed by atoms with van der Waals surface area (Å²) in [4.78, 5) is 19.3. The topological polar surface area (TPSA) is 45.2 Å². The zero-order valence-electron chi connectivity index (χ0n) is 17.4. The Morgan fingerprint density at radius 1 is 1.23 bits per heavy atom. The SMILES string of the molecule is CC(C(=O)Cc1ccc(Cl)cc1)N1CC2(CC(Nc3ccnc4ccc(F)cc34)C2)C1. The number of Topliss-reactive ketones (excluding diaryl/α,β-unsaturated/α-hetero) is 1. The average Bonchev–Trinajstić information content (AvgIpc) is 2.70. The van der Waals surface area contributed by atoms with Gasteiger partial charge in [-0.1, -0.05) is 23.7 Å². The van der Waals surface area contributed by atoms with Gasteiger partial charge in [-0.05, 0) is 67.1 Å². The van der Waals surface area contributed by atoms with E-state index in [9.17, 15) is 9.18 Å². The summed E-state index contributed by atoms with van der Waals surface area (Å²) in [5.41, 5.74) is 3.04. The van der Waals surface area contributed by atoms with Gasteiger partial charge in [0.15, 0.2) is 5.78 Å². The molecule has 0 amide bonds. The van der Waals surface area contributed by atoms with E-state index >= 15 is 0 Å². The Hall–Kier alpha value is -2.50. The standard InChI is InChI=1S/C25H25ClFN3O/c1-16(24(31)10-17-2-4-18(26)5-3-17)30-14-25(15-30)12-20(13-25)29-23-8-9-28-22-7-6-19(27)11-21(22)23/h2-9,11,16,20H,10,12-15H2,1H3,(H,28,29). The van der Waals surface area contributed by atoms with Crippen molar-refractivity contribution in [3.05, 3.63) is 71.1 Å². The fourth-order valence-electron chi connectivity index (χ4n) is 5.05. The number of hydrogen-bond donors (Lipinski definition) is 1. The molecule has 6 heteroatoms. The van der Waals surface area contributed by atoms with Gasteiger partial charge in [0.05, 0.1) is 11.6 Å². The van der Waals surface area contributed by atoms with Gasteiger partial charge in [0, 0.05) is 47.8 Å². The Morgan fingerprint density at radius 2 is 1.97 bits per heavy atom. The largest absolute Gasteiger partial charge is 0.382 e. The number of carbonyl (C=O) groups excluding carboxylic acids is 1. The van der Waals surface area contributed by atoms with E-state index in [0.29, 0.717) is 22.9 Å². The highest BCUT2D eigenvalue weighted by atomic mass is 35.5. The molecule has 1 atom stereocenters. The van der Waals surface area contributed by atoms with Crippen molar-refractivity contribution in [3.63, 3.8) is 0 Å². The first kappa shape index (κ1) is 20.4. The van der Waals surface area contributed by atoms with Gasteiger partial charge in [-0.15, -0.1) is 0 Å². The number of benzene rings is 2. The van der Waals surface area contributed by atoms with Crippen LogP contribution in [0.15, 0.2) is 54.7 Å². The van der Waals surface area contributed by atoms with Crippen LogP contribution in [0.1, 0.15) is 25.3 Å². The number of nitrogens with zero attached hydrogens (tertiary/aromatic N) is 2. The van der Waals surface area contributed by atoms with Gasteiger partial charge >= 0.3 is 0 Å². The van der Waals surface area contributed by atoms with Gasteiger partial charge in [0.1, 0.15) is 5.82 Å². The maximum absolute atomic E-state index is 13.7. The molecule has 2 fully saturated rings. The molecule has 1 saturated carbocycles. The first-order valence-electron chi connectivity index (χ1n) is 10.7. The summed E-state index contributed by atoms with van der Waals surface area (Å²) in [6.07, 6.45) is 4.34. The summed E-state index contributed by atoms with van der Waals surface area (Å²) in [5, 5.41) is 5.08. The van der Waals surface area contributed by atoms with Crippen molar-refractivity contribution in [1.29, 1.82) is 0 Å². The number of aromatic nitrogens is 1. The highest BCUT2D eigenvalue weighted by Crippen LogP contribution is 2.50. The second kappa shape index (κ2) is 7.88. The van der Waals surface area contributed by atoms with Gasteiger partial charge in [0.2, 0.25) is 0 Å². The van der Waals surface area contributed by atoms with Crippen LogP contribution in [0.3, 0.4) is 0 Å². The van der Waals surface area contributed by atoms with Crippen molar-refractivity contribution in [2.75, 3.05) is 18.4 Å². The molecule has 2 heterocycles. The number of carbonyl (C=O) groups is 1. The first-order chi connectivity index (χ1) is 14.9. The Labute approximate surface area is 186 Å². The number of fused-ring (bicyclic) bond motifs is 1. The molecule has 0 radical (unpaired) electrons. The minimum Gasteiger partial charge on any atom is -0.382 e. The molecule has 2 aromatic carbocycles. The molecule has 4 nitrogen and oxygen atoms in total. The molecule has 5 rings (SSSR count). The van der Waals surface area contributed by atoms with Gasteiger partial charge in [-0.25, -0.2) is 4.39 Å². The monoisotopic (exact) mass is 437 g/mol. The summed E-state index contributed by atoms with van der Waals surface area (Å²) in [7, 11) is 0. The quantitative estimate of drug-likeness (QED) is 0.582. The number of rotatable bonds is 6. The van der Waals surface area contributed by atoms with Crippen molar-refractivity contribution >= 4 is 34.0 Å². The number of nitrogens with one attached hydrogen (secondary N) is 1. The molecule has 1 spiro atoms. The highest BCUT2D eigenvalue weighted by molar-refractivity contribution is 6.30. The molecule has 31 heavy (non-hydrogen) atoms. The lowest BCUT2D eigenvalue weighted by atomic mass is 9.60. The van der Waals surface area contributed by atoms with E-state index in [1.54, 1.807) is 12.3 Å². The fourth-order valence-corrected chi connectivity index (χ4v) is 5.18. The van der Waals surface area contributed by atoms with Gasteiger partial charge < -0.3 is 5.32 Å². The summed E-state index contributed by atoms with van der Waals surface area (Å²) >= 11 is 5.93. The van der Waals surface area contributed by atoms with Crippen LogP contribution in [0.2, 0.25) is 5.02 Å². The zero-order chi connectivity index (χ0) is 21.6. The lowest BCUT2D eigenvalue weighted by molar-refractivity contribution is -0.134. The van der Waals surface area contributed by atoms with Crippen LogP contribution in [-0.4, -0.2) is 40.8 Å². The number of ketones is 1. The van der Waals surface area contributed by atoms with Crippen molar-refractivity contribution in [2.45, 2.75) is 38.3 Å². The lowest BCUT2D eigenvalue weighted by Crippen LogP contribution is -2.67. The van der Waals surface area contributed by atoms with Gasteiger partial charge in [0.25, 0.3) is 0 Å². The van der Waals surface area contributed by atoms with Crippen LogP contribution in [0.25, 0.3) is 10.9 Å². The van der Waals surface area contributed by atoms with Gasteiger partial charge in [-0.2, -0.15) is 0 Å². The van der Waals surface area contributed by atoms with Crippen LogP contribution >= 0.6 is 11.6 Å². The van der Waals surface area contributed by atoms with Gasteiger partial charge in [-0.3, -0.25) is 14.7 Å². The maximum Gasteiger partial charge on any atom is 0.154 e. The third-order valence-corrected chi connectivity index (χ3v) is 7.06. The first-order valence-corrected chi connectivity index (χ1v) is 11.1. The molecule has 1 aliphatic heterocycles. The summed E-state index contributed by atoms with van der Waals surface area (Å²) in [5.74, 6) is -0.00280. The molecule has 1 N–H and O–H groups in total. The van der Waals surface area contributed by atoms with Crippen molar-refractivity contribution in [2.24, 2.45) is 5.41 Å². The Morgan fingerprint density at radius 3 is 2.71 bits per heavy atom. The normalized spacial score (nSPS) is 19.1. The smallest absolute Gasteiger partial charge is 0.154 e. The van der Waals surface area contributed by atoms with E-state index in [2.05, 4.69) is 15.2 Å². The van der Waals surface area contributed by atoms with E-state index in [1.807, 2.05) is 37.3 Å². The molecule has 1 saturated heterocycles. The Balaban J connectivity index is 1.14. The number of anilines is 1.